The molecule has 2 N–H and O–H groups in total. The van der Waals surface area contributed by atoms with Crippen molar-refractivity contribution in [3.05, 3.63) is 125 Å². The molecule has 0 spiro atoms. The summed E-state index contributed by atoms with van der Waals surface area (Å²) in [6.45, 7) is 5.78. The minimum absolute atomic E-state index is 0.0405. The van der Waals surface area contributed by atoms with Crippen molar-refractivity contribution in [1.82, 2.24) is 0 Å². The van der Waals surface area contributed by atoms with Crippen molar-refractivity contribution in [2.75, 3.05) is 10.2 Å². The van der Waals surface area contributed by atoms with E-state index >= 15 is 0 Å². The molecule has 6 nitrogen and oxygen atoms in total. The summed E-state index contributed by atoms with van der Waals surface area (Å²) < 4.78 is 5.79. The van der Waals surface area contributed by atoms with Gasteiger partial charge in [-0.15, -0.1) is 0 Å². The first kappa shape index (κ1) is 25.8. The van der Waals surface area contributed by atoms with Crippen LogP contribution in [0.25, 0.3) is 5.76 Å². The first-order valence-corrected chi connectivity index (χ1v) is 12.9. The second-order valence-electron chi connectivity index (χ2n) is 9.82. The highest BCUT2D eigenvalue weighted by Crippen LogP contribution is 2.43. The van der Waals surface area contributed by atoms with Gasteiger partial charge < -0.3 is 15.2 Å². The van der Waals surface area contributed by atoms with E-state index in [4.69, 9.17) is 4.74 Å². The van der Waals surface area contributed by atoms with Gasteiger partial charge in [-0.3, -0.25) is 14.5 Å². The number of Topliss-reactive ketones (excluding diaryl/α,β-unsaturated/α-hetero) is 1. The molecule has 0 aromatic heterocycles. The molecule has 1 unspecified atom stereocenters. The predicted octanol–water partition coefficient (Wildman–Crippen LogP) is 7.15. The summed E-state index contributed by atoms with van der Waals surface area (Å²) in [5, 5.41) is 14.8. The van der Waals surface area contributed by atoms with Gasteiger partial charge >= 0.3 is 0 Å². The number of rotatable bonds is 7. The molecule has 1 heterocycles. The Morgan fingerprint density at radius 2 is 1.54 bits per heavy atom. The second kappa shape index (κ2) is 10.9. The minimum atomic E-state index is -0.799. The zero-order chi connectivity index (χ0) is 27.5. The molecule has 1 fully saturated rings. The number of hydrogen-bond acceptors (Lipinski definition) is 5. The molecule has 1 aliphatic heterocycles. The lowest BCUT2D eigenvalue weighted by atomic mass is 9.94. The highest BCUT2D eigenvalue weighted by Gasteiger charge is 2.47. The van der Waals surface area contributed by atoms with Gasteiger partial charge in [-0.2, -0.15) is 0 Å². The smallest absolute Gasteiger partial charge is 0.300 e. The number of ketones is 1. The Balaban J connectivity index is 1.58. The maximum atomic E-state index is 13.5. The normalized spacial score (nSPS) is 16.5. The summed E-state index contributed by atoms with van der Waals surface area (Å²) in [6, 6.07) is 30.9. The van der Waals surface area contributed by atoms with Gasteiger partial charge in [0.15, 0.2) is 0 Å². The standard InChI is InChI=1S/C33H30N2O4/c1-21(2)39-28-14-8-11-24(20-28)31(36)29-30(23-10-7-9-22(3)19-23)35(33(38)32(29)37)27-17-15-26(16-18-27)34-25-12-5-4-6-13-25/h4-21,30,34,36H,1-3H3/b31-29-. The molecule has 1 aliphatic rings. The van der Waals surface area contributed by atoms with Crippen LogP contribution in [0.4, 0.5) is 17.1 Å². The molecule has 4 aromatic rings. The lowest BCUT2D eigenvalue weighted by Gasteiger charge is -2.26. The number of para-hydroxylation sites is 1. The first-order valence-electron chi connectivity index (χ1n) is 12.9. The van der Waals surface area contributed by atoms with Crippen molar-refractivity contribution in [2.45, 2.75) is 32.9 Å². The second-order valence-corrected chi connectivity index (χ2v) is 9.82. The zero-order valence-corrected chi connectivity index (χ0v) is 22.1. The monoisotopic (exact) mass is 518 g/mol. The SMILES string of the molecule is Cc1cccc(C2/C(=C(/O)c3cccc(OC(C)C)c3)C(=O)C(=O)N2c2ccc(Nc3ccccc3)cc2)c1. The van der Waals surface area contributed by atoms with E-state index in [1.807, 2.05) is 87.5 Å². The van der Waals surface area contributed by atoms with Crippen molar-refractivity contribution < 1.29 is 19.4 Å². The molecule has 4 aromatic carbocycles. The maximum Gasteiger partial charge on any atom is 0.300 e. The number of carbonyl (C=O) groups is 2. The molecule has 6 heteroatoms. The topological polar surface area (TPSA) is 78.9 Å². The van der Waals surface area contributed by atoms with Gasteiger partial charge in [0.1, 0.15) is 11.5 Å². The average molecular weight is 519 g/mol. The van der Waals surface area contributed by atoms with Crippen LogP contribution in [0, 0.1) is 6.92 Å². The fourth-order valence-electron chi connectivity index (χ4n) is 4.79. The molecule has 1 amide bonds. The molecule has 0 radical (unpaired) electrons. The van der Waals surface area contributed by atoms with Crippen molar-refractivity contribution in [1.29, 1.82) is 0 Å². The van der Waals surface area contributed by atoms with Crippen LogP contribution in [0.2, 0.25) is 0 Å². The number of ether oxygens (including phenoxy) is 1. The Morgan fingerprint density at radius 1 is 0.846 bits per heavy atom. The fraction of sp³-hybridized carbons (Fsp3) is 0.152. The molecule has 0 bridgehead atoms. The Morgan fingerprint density at radius 3 is 2.23 bits per heavy atom. The van der Waals surface area contributed by atoms with Gasteiger partial charge in [-0.1, -0.05) is 60.2 Å². The number of nitrogens with zero attached hydrogens (tertiary/aromatic N) is 1. The largest absolute Gasteiger partial charge is 0.507 e. The van der Waals surface area contributed by atoms with Gasteiger partial charge in [0, 0.05) is 22.6 Å². The Labute approximate surface area is 228 Å². The Kier molecular flexibility index (Phi) is 7.19. The highest BCUT2D eigenvalue weighted by molar-refractivity contribution is 6.51. The summed E-state index contributed by atoms with van der Waals surface area (Å²) in [5.41, 5.74) is 4.50. The molecule has 39 heavy (non-hydrogen) atoms. The quantitative estimate of drug-likeness (QED) is 0.154. The van der Waals surface area contributed by atoms with Crippen LogP contribution in [0.15, 0.2) is 109 Å². The van der Waals surface area contributed by atoms with E-state index in [2.05, 4.69) is 5.32 Å². The number of amides is 1. The van der Waals surface area contributed by atoms with E-state index in [9.17, 15) is 14.7 Å². The molecule has 1 saturated heterocycles. The summed E-state index contributed by atoms with van der Waals surface area (Å²) >= 11 is 0. The molecule has 196 valence electrons. The van der Waals surface area contributed by atoms with Crippen molar-refractivity contribution in [2.24, 2.45) is 0 Å². The predicted molar refractivity (Wildman–Crippen MR) is 154 cm³/mol. The summed E-state index contributed by atoms with van der Waals surface area (Å²) in [6.07, 6.45) is -0.0559. The molecule has 0 aliphatic carbocycles. The van der Waals surface area contributed by atoms with Crippen LogP contribution in [0.3, 0.4) is 0 Å². The van der Waals surface area contributed by atoms with Crippen LogP contribution in [0.1, 0.15) is 36.6 Å². The van der Waals surface area contributed by atoms with Crippen molar-refractivity contribution >= 4 is 34.5 Å². The van der Waals surface area contributed by atoms with Crippen LogP contribution in [-0.4, -0.2) is 22.9 Å². The number of aryl methyl sites for hydroxylation is 1. The number of benzene rings is 4. The van der Waals surface area contributed by atoms with Gasteiger partial charge in [0.2, 0.25) is 0 Å². The highest BCUT2D eigenvalue weighted by atomic mass is 16.5. The van der Waals surface area contributed by atoms with E-state index in [0.29, 0.717) is 17.0 Å². The molecular weight excluding hydrogens is 488 g/mol. The van der Waals surface area contributed by atoms with Gasteiger partial charge in [0.05, 0.1) is 17.7 Å². The summed E-state index contributed by atoms with van der Waals surface area (Å²) in [7, 11) is 0. The van der Waals surface area contributed by atoms with Crippen LogP contribution < -0.4 is 15.0 Å². The Bertz CT molecular complexity index is 1540. The minimum Gasteiger partial charge on any atom is -0.507 e. The zero-order valence-electron chi connectivity index (χ0n) is 22.1. The van der Waals surface area contributed by atoms with E-state index in [-0.39, 0.29) is 17.4 Å². The number of anilines is 3. The Hall–Kier alpha value is -4.84. The molecule has 1 atom stereocenters. The summed E-state index contributed by atoms with van der Waals surface area (Å²) in [4.78, 5) is 28.5. The fourth-order valence-corrected chi connectivity index (χ4v) is 4.79. The number of aliphatic hydroxyl groups excluding tert-OH is 1. The maximum absolute atomic E-state index is 13.5. The van der Waals surface area contributed by atoms with Crippen LogP contribution in [0.5, 0.6) is 5.75 Å². The van der Waals surface area contributed by atoms with Gasteiger partial charge in [-0.05, 0) is 74.9 Å². The lowest BCUT2D eigenvalue weighted by molar-refractivity contribution is -0.132. The van der Waals surface area contributed by atoms with E-state index in [1.54, 1.807) is 36.4 Å². The third kappa shape index (κ3) is 5.41. The van der Waals surface area contributed by atoms with Crippen molar-refractivity contribution in [3.63, 3.8) is 0 Å². The van der Waals surface area contributed by atoms with Crippen LogP contribution >= 0.6 is 0 Å². The van der Waals surface area contributed by atoms with Gasteiger partial charge in [0.25, 0.3) is 11.7 Å². The average Bonchev–Trinajstić information content (AvgIpc) is 3.19. The third-order valence-corrected chi connectivity index (χ3v) is 6.49. The number of aliphatic hydroxyl groups is 1. The number of hydrogen-bond donors (Lipinski definition) is 2. The summed E-state index contributed by atoms with van der Waals surface area (Å²) in [5.74, 6) is -1.10. The van der Waals surface area contributed by atoms with Crippen LogP contribution in [-0.2, 0) is 9.59 Å². The number of carbonyl (C=O) groups excluding carboxylic acids is 2. The van der Waals surface area contributed by atoms with E-state index in [1.165, 1.54) is 4.90 Å². The molecule has 0 saturated carbocycles. The molecule has 5 rings (SSSR count). The van der Waals surface area contributed by atoms with Crippen molar-refractivity contribution in [3.8, 4) is 5.75 Å². The van der Waals surface area contributed by atoms with Gasteiger partial charge in [-0.25, -0.2) is 0 Å². The third-order valence-electron chi connectivity index (χ3n) is 6.49. The number of nitrogens with one attached hydrogen (secondary N) is 1. The lowest BCUT2D eigenvalue weighted by Crippen LogP contribution is -2.29. The first-order chi connectivity index (χ1) is 18.8. The molecular formula is C33H30N2O4. The van der Waals surface area contributed by atoms with E-state index in [0.717, 1.165) is 22.5 Å². The van der Waals surface area contributed by atoms with E-state index < -0.39 is 17.7 Å².